The van der Waals surface area contributed by atoms with Gasteiger partial charge in [-0.2, -0.15) is 11.8 Å². The molecule has 1 unspecified atom stereocenters. The molecule has 1 atom stereocenters. The van der Waals surface area contributed by atoms with Gasteiger partial charge in [-0.05, 0) is 12.8 Å². The average molecular weight is 310 g/mol. The molecular formula is C15H26N4OS. The van der Waals surface area contributed by atoms with Gasteiger partial charge < -0.3 is 15.0 Å². The number of aromatic nitrogens is 2. The van der Waals surface area contributed by atoms with E-state index in [2.05, 4.69) is 40.1 Å². The van der Waals surface area contributed by atoms with Crippen molar-refractivity contribution in [3.63, 3.8) is 0 Å². The summed E-state index contributed by atoms with van der Waals surface area (Å²) in [6, 6.07) is 2.32. The zero-order valence-electron chi connectivity index (χ0n) is 13.2. The van der Waals surface area contributed by atoms with Crippen LogP contribution in [0.2, 0.25) is 0 Å². The Balaban J connectivity index is 2.01. The fourth-order valence-corrected chi connectivity index (χ4v) is 3.13. The zero-order chi connectivity index (χ0) is 15.1. The van der Waals surface area contributed by atoms with Gasteiger partial charge in [0.05, 0.1) is 12.6 Å². The second-order valence-electron chi connectivity index (χ2n) is 5.52. The molecule has 118 valence electrons. The molecule has 0 aliphatic carbocycles. The van der Waals surface area contributed by atoms with Crippen molar-refractivity contribution in [1.29, 1.82) is 0 Å². The number of thioether (sulfide) groups is 1. The third kappa shape index (κ3) is 5.04. The summed E-state index contributed by atoms with van der Waals surface area (Å²) in [6.07, 6.45) is 1.65. The van der Waals surface area contributed by atoms with Crippen molar-refractivity contribution in [3.05, 3.63) is 12.4 Å². The third-order valence-electron chi connectivity index (χ3n) is 3.63. The minimum atomic E-state index is 0.268. The molecule has 1 aliphatic heterocycles. The van der Waals surface area contributed by atoms with E-state index in [4.69, 9.17) is 4.74 Å². The van der Waals surface area contributed by atoms with Gasteiger partial charge in [-0.3, -0.25) is 0 Å². The van der Waals surface area contributed by atoms with Crippen LogP contribution in [0, 0.1) is 5.92 Å². The van der Waals surface area contributed by atoms with Crippen molar-refractivity contribution in [3.8, 4) is 0 Å². The fourth-order valence-electron chi connectivity index (χ4n) is 2.23. The Morgan fingerprint density at radius 3 is 2.76 bits per heavy atom. The molecule has 21 heavy (non-hydrogen) atoms. The van der Waals surface area contributed by atoms with Gasteiger partial charge in [0.1, 0.15) is 18.0 Å². The normalized spacial score (nSPS) is 17.0. The highest BCUT2D eigenvalue weighted by molar-refractivity contribution is 7.99. The van der Waals surface area contributed by atoms with E-state index >= 15 is 0 Å². The molecule has 1 N–H and O–H groups in total. The maximum absolute atomic E-state index is 5.56. The summed E-state index contributed by atoms with van der Waals surface area (Å²) < 4.78 is 5.56. The van der Waals surface area contributed by atoms with Crippen molar-refractivity contribution in [2.75, 3.05) is 48.0 Å². The quantitative estimate of drug-likeness (QED) is 0.835. The monoisotopic (exact) mass is 310 g/mol. The van der Waals surface area contributed by atoms with Crippen molar-refractivity contribution in [2.45, 2.75) is 26.8 Å². The Kier molecular flexibility index (Phi) is 6.57. The standard InChI is InChI=1S/C15H26N4OS/c1-4-20-10-13(12(2)3)18-14-9-15(17-11-16-14)19-5-7-21-8-6-19/h9,11-13H,4-8,10H2,1-3H3,(H,16,17,18). The number of rotatable bonds is 7. The van der Waals surface area contributed by atoms with Gasteiger partial charge in [-0.1, -0.05) is 13.8 Å². The summed E-state index contributed by atoms with van der Waals surface area (Å²) in [7, 11) is 0. The predicted octanol–water partition coefficient (Wildman–Crippen LogP) is 2.50. The first-order chi connectivity index (χ1) is 10.2. The van der Waals surface area contributed by atoms with Crippen molar-refractivity contribution < 1.29 is 4.74 Å². The Bertz CT molecular complexity index is 424. The number of ether oxygens (including phenoxy) is 1. The maximum Gasteiger partial charge on any atom is 0.134 e. The fraction of sp³-hybridized carbons (Fsp3) is 0.733. The summed E-state index contributed by atoms with van der Waals surface area (Å²) >= 11 is 2.00. The molecule has 2 heterocycles. The molecule has 0 amide bonds. The van der Waals surface area contributed by atoms with E-state index in [1.54, 1.807) is 6.33 Å². The van der Waals surface area contributed by atoms with Gasteiger partial charge in [0, 0.05) is 37.3 Å². The van der Waals surface area contributed by atoms with Crippen molar-refractivity contribution in [1.82, 2.24) is 9.97 Å². The van der Waals surface area contributed by atoms with Crippen LogP contribution < -0.4 is 10.2 Å². The molecule has 0 spiro atoms. The molecule has 2 rings (SSSR count). The highest BCUT2D eigenvalue weighted by atomic mass is 32.2. The van der Waals surface area contributed by atoms with Crippen LogP contribution in [-0.4, -0.2) is 53.8 Å². The van der Waals surface area contributed by atoms with Crippen LogP contribution >= 0.6 is 11.8 Å². The molecule has 0 saturated carbocycles. The molecule has 0 aromatic carbocycles. The third-order valence-corrected chi connectivity index (χ3v) is 4.57. The van der Waals surface area contributed by atoms with Gasteiger partial charge in [0.15, 0.2) is 0 Å². The topological polar surface area (TPSA) is 50.3 Å². The summed E-state index contributed by atoms with van der Waals surface area (Å²) in [5.41, 5.74) is 0. The van der Waals surface area contributed by atoms with Gasteiger partial charge in [0.25, 0.3) is 0 Å². The molecular weight excluding hydrogens is 284 g/mol. The van der Waals surface area contributed by atoms with E-state index in [9.17, 15) is 0 Å². The van der Waals surface area contributed by atoms with Crippen molar-refractivity contribution in [2.24, 2.45) is 5.92 Å². The molecule has 1 aromatic heterocycles. The lowest BCUT2D eigenvalue weighted by molar-refractivity contribution is 0.126. The molecule has 0 radical (unpaired) electrons. The van der Waals surface area contributed by atoms with E-state index in [1.807, 2.05) is 18.7 Å². The highest BCUT2D eigenvalue weighted by Gasteiger charge is 2.16. The van der Waals surface area contributed by atoms with Crippen LogP contribution in [0.3, 0.4) is 0 Å². The lowest BCUT2D eigenvalue weighted by Gasteiger charge is -2.28. The molecule has 1 aromatic rings. The summed E-state index contributed by atoms with van der Waals surface area (Å²) in [5.74, 6) is 4.74. The molecule has 1 saturated heterocycles. The summed E-state index contributed by atoms with van der Waals surface area (Å²) in [4.78, 5) is 11.1. The highest BCUT2D eigenvalue weighted by Crippen LogP contribution is 2.20. The Morgan fingerprint density at radius 1 is 1.33 bits per heavy atom. The first kappa shape index (κ1) is 16.4. The Hall–Kier alpha value is -1.01. The number of nitrogens with zero attached hydrogens (tertiary/aromatic N) is 3. The lowest BCUT2D eigenvalue weighted by Crippen LogP contribution is -2.34. The zero-order valence-corrected chi connectivity index (χ0v) is 14.0. The SMILES string of the molecule is CCOCC(Nc1cc(N2CCSCC2)ncn1)C(C)C. The predicted molar refractivity (Wildman–Crippen MR) is 90.3 cm³/mol. The number of hydrogen-bond acceptors (Lipinski definition) is 6. The van der Waals surface area contributed by atoms with Gasteiger partial charge in [-0.15, -0.1) is 0 Å². The minimum Gasteiger partial charge on any atom is -0.380 e. The first-order valence-electron chi connectivity index (χ1n) is 7.69. The first-order valence-corrected chi connectivity index (χ1v) is 8.85. The second-order valence-corrected chi connectivity index (χ2v) is 6.74. The molecule has 0 bridgehead atoms. The van der Waals surface area contributed by atoms with Gasteiger partial charge in [-0.25, -0.2) is 9.97 Å². The second kappa shape index (κ2) is 8.44. The van der Waals surface area contributed by atoms with Crippen LogP contribution in [-0.2, 0) is 4.74 Å². The summed E-state index contributed by atoms with van der Waals surface area (Å²) in [6.45, 7) is 9.98. The van der Waals surface area contributed by atoms with Crippen LogP contribution in [0.15, 0.2) is 12.4 Å². The van der Waals surface area contributed by atoms with Gasteiger partial charge >= 0.3 is 0 Å². The lowest BCUT2D eigenvalue weighted by atomic mass is 10.1. The molecule has 5 nitrogen and oxygen atoms in total. The maximum atomic E-state index is 5.56. The van der Waals surface area contributed by atoms with Gasteiger partial charge in [0.2, 0.25) is 0 Å². The Morgan fingerprint density at radius 2 is 2.10 bits per heavy atom. The molecule has 1 fully saturated rings. The van der Waals surface area contributed by atoms with Crippen LogP contribution in [0.4, 0.5) is 11.6 Å². The van der Waals surface area contributed by atoms with E-state index in [0.717, 1.165) is 31.3 Å². The number of anilines is 2. The smallest absolute Gasteiger partial charge is 0.134 e. The number of nitrogens with one attached hydrogen (secondary N) is 1. The summed E-state index contributed by atoms with van der Waals surface area (Å²) in [5, 5.41) is 3.48. The number of hydrogen-bond donors (Lipinski definition) is 1. The van der Waals surface area contributed by atoms with E-state index in [1.165, 1.54) is 11.5 Å². The largest absolute Gasteiger partial charge is 0.380 e. The molecule has 1 aliphatic rings. The van der Waals surface area contributed by atoms with E-state index in [0.29, 0.717) is 12.5 Å². The average Bonchev–Trinajstić information content (AvgIpc) is 2.52. The molecule has 6 heteroatoms. The van der Waals surface area contributed by atoms with E-state index in [-0.39, 0.29) is 6.04 Å². The Labute approximate surface area is 131 Å². The van der Waals surface area contributed by atoms with Crippen molar-refractivity contribution >= 4 is 23.4 Å². The van der Waals surface area contributed by atoms with Crippen LogP contribution in [0.25, 0.3) is 0 Å². The van der Waals surface area contributed by atoms with Crippen LogP contribution in [0.1, 0.15) is 20.8 Å². The van der Waals surface area contributed by atoms with E-state index < -0.39 is 0 Å². The van der Waals surface area contributed by atoms with Crippen LogP contribution in [0.5, 0.6) is 0 Å². The minimum absolute atomic E-state index is 0.268.